The molecule has 1 fully saturated rings. The molecule has 5 nitrogen and oxygen atoms in total. The monoisotopic (exact) mass is 370 g/mol. The summed E-state index contributed by atoms with van der Waals surface area (Å²) < 4.78 is 5.35. The van der Waals surface area contributed by atoms with E-state index in [0.29, 0.717) is 16.2 Å². The second-order valence-electron chi connectivity index (χ2n) is 5.10. The predicted molar refractivity (Wildman–Crippen MR) is 102 cm³/mol. The second kappa shape index (κ2) is 7.50. The summed E-state index contributed by atoms with van der Waals surface area (Å²) in [5.74, 6) is -0.117. The quantitative estimate of drug-likeness (QED) is 0.661. The molecule has 2 aromatic rings. The van der Waals surface area contributed by atoms with Gasteiger partial charge in [-0.2, -0.15) is 5.01 Å². The largest absolute Gasteiger partial charge is 0.497 e. The summed E-state index contributed by atoms with van der Waals surface area (Å²) in [7, 11) is 1.55. The first kappa shape index (κ1) is 17.2. The minimum atomic E-state index is -0.417. The molecule has 1 aliphatic rings. The summed E-state index contributed by atoms with van der Waals surface area (Å²) in [6.07, 6.45) is 1.75. The summed E-state index contributed by atoms with van der Waals surface area (Å²) in [4.78, 5) is 25.3. The van der Waals surface area contributed by atoms with Crippen LogP contribution in [0.3, 0.4) is 0 Å². The maximum Gasteiger partial charge on any atom is 0.285 e. The summed E-state index contributed by atoms with van der Waals surface area (Å²) >= 11 is 6.37. The highest BCUT2D eigenvalue weighted by Gasteiger charge is 2.33. The highest BCUT2D eigenvalue weighted by Crippen LogP contribution is 2.31. The summed E-state index contributed by atoms with van der Waals surface area (Å²) in [6.45, 7) is 0. The van der Waals surface area contributed by atoms with Crippen molar-refractivity contribution in [2.45, 2.75) is 0 Å². The number of hydrazine groups is 1. The first-order chi connectivity index (χ1) is 12.1. The highest BCUT2D eigenvalue weighted by molar-refractivity contribution is 8.26. The van der Waals surface area contributed by atoms with Gasteiger partial charge in [-0.15, -0.1) is 0 Å². The Morgan fingerprint density at radius 1 is 1.16 bits per heavy atom. The number of ether oxygens (including phenoxy) is 1. The molecule has 0 radical (unpaired) electrons. The fourth-order valence-electron chi connectivity index (χ4n) is 2.17. The molecule has 0 atom stereocenters. The first-order valence-corrected chi connectivity index (χ1v) is 8.59. The molecule has 0 spiro atoms. The predicted octanol–water partition coefficient (Wildman–Crippen LogP) is 3.24. The van der Waals surface area contributed by atoms with Gasteiger partial charge in [-0.25, -0.2) is 0 Å². The van der Waals surface area contributed by atoms with Gasteiger partial charge >= 0.3 is 0 Å². The van der Waals surface area contributed by atoms with Gasteiger partial charge in [0.05, 0.1) is 12.0 Å². The van der Waals surface area contributed by atoms with Crippen LogP contribution >= 0.6 is 24.0 Å². The van der Waals surface area contributed by atoms with Crippen LogP contribution in [0.2, 0.25) is 0 Å². The molecule has 0 aromatic heterocycles. The number of thiocarbonyl (C=S) groups is 1. The third kappa shape index (κ3) is 3.89. The summed E-state index contributed by atoms with van der Waals surface area (Å²) in [5.41, 5.74) is 3.85. The molecule has 126 valence electrons. The number of amides is 2. The lowest BCUT2D eigenvalue weighted by atomic mass is 10.2. The number of hydrogen-bond donors (Lipinski definition) is 1. The van der Waals surface area contributed by atoms with Crippen molar-refractivity contribution < 1.29 is 14.3 Å². The van der Waals surface area contributed by atoms with Crippen LogP contribution in [0.25, 0.3) is 6.08 Å². The number of methoxy groups -OCH3 is 1. The smallest absolute Gasteiger partial charge is 0.285 e. The lowest BCUT2D eigenvalue weighted by molar-refractivity contribution is -0.123. The minimum absolute atomic E-state index is 0.286. The van der Waals surface area contributed by atoms with E-state index in [0.717, 1.165) is 22.3 Å². The Labute approximate surface area is 154 Å². The average Bonchev–Trinajstić information content (AvgIpc) is 2.90. The SMILES string of the molecule is COc1ccc(C(=O)NN2C(=O)/C(=C\c3ccccc3)SC2=S)cc1. The van der Waals surface area contributed by atoms with E-state index in [1.54, 1.807) is 37.5 Å². The minimum Gasteiger partial charge on any atom is -0.497 e. The number of nitrogens with zero attached hydrogens (tertiary/aromatic N) is 1. The van der Waals surface area contributed by atoms with Gasteiger partial charge in [-0.1, -0.05) is 42.1 Å². The van der Waals surface area contributed by atoms with E-state index < -0.39 is 5.91 Å². The molecular weight excluding hydrogens is 356 g/mol. The van der Waals surface area contributed by atoms with Crippen LogP contribution in [0.1, 0.15) is 15.9 Å². The van der Waals surface area contributed by atoms with Gasteiger partial charge in [0.15, 0.2) is 4.32 Å². The van der Waals surface area contributed by atoms with Gasteiger partial charge in [0.1, 0.15) is 5.75 Å². The van der Waals surface area contributed by atoms with Crippen molar-refractivity contribution in [3.63, 3.8) is 0 Å². The zero-order chi connectivity index (χ0) is 17.8. The van der Waals surface area contributed by atoms with E-state index in [1.807, 2.05) is 30.3 Å². The molecule has 1 aliphatic heterocycles. The van der Waals surface area contributed by atoms with Crippen molar-refractivity contribution >= 4 is 46.2 Å². The number of carbonyl (C=O) groups excluding carboxylic acids is 2. The Kier molecular flexibility index (Phi) is 5.16. The van der Waals surface area contributed by atoms with Crippen molar-refractivity contribution in [3.8, 4) is 5.75 Å². The fourth-order valence-corrected chi connectivity index (χ4v) is 3.35. The maximum atomic E-state index is 12.5. The maximum absolute atomic E-state index is 12.5. The number of nitrogens with one attached hydrogen (secondary N) is 1. The fraction of sp³-hybridized carbons (Fsp3) is 0.0556. The number of carbonyl (C=O) groups is 2. The molecule has 25 heavy (non-hydrogen) atoms. The topological polar surface area (TPSA) is 58.6 Å². The van der Waals surface area contributed by atoms with E-state index in [2.05, 4.69) is 5.43 Å². The number of thioether (sulfide) groups is 1. The van der Waals surface area contributed by atoms with Gasteiger partial charge in [0, 0.05) is 5.56 Å². The van der Waals surface area contributed by atoms with Crippen LogP contribution < -0.4 is 10.2 Å². The van der Waals surface area contributed by atoms with E-state index in [9.17, 15) is 9.59 Å². The number of rotatable bonds is 4. The molecule has 3 rings (SSSR count). The summed E-state index contributed by atoms with van der Waals surface area (Å²) in [6, 6.07) is 16.0. The third-order valence-corrected chi connectivity index (χ3v) is 4.76. The van der Waals surface area contributed by atoms with E-state index >= 15 is 0 Å². The normalized spacial score (nSPS) is 15.6. The molecular formula is C18H14N2O3S2. The van der Waals surface area contributed by atoms with Crippen molar-refractivity contribution in [3.05, 3.63) is 70.6 Å². The lowest BCUT2D eigenvalue weighted by Gasteiger charge is -2.15. The lowest BCUT2D eigenvalue weighted by Crippen LogP contribution is -2.44. The molecule has 0 bridgehead atoms. The molecule has 1 N–H and O–H groups in total. The van der Waals surface area contributed by atoms with E-state index in [-0.39, 0.29) is 10.2 Å². The molecule has 7 heteroatoms. The van der Waals surface area contributed by atoms with Crippen LogP contribution in [-0.2, 0) is 4.79 Å². The molecule has 0 unspecified atom stereocenters. The Morgan fingerprint density at radius 3 is 2.48 bits per heavy atom. The molecule has 2 amide bonds. The van der Waals surface area contributed by atoms with Crippen LogP contribution in [0.15, 0.2) is 59.5 Å². The standard InChI is InChI=1S/C18H14N2O3S2/c1-23-14-9-7-13(8-10-14)16(21)19-20-17(22)15(25-18(20)24)11-12-5-3-2-4-6-12/h2-11H,1H3,(H,19,21)/b15-11+. The van der Waals surface area contributed by atoms with Crippen molar-refractivity contribution in [1.82, 2.24) is 10.4 Å². The third-order valence-electron chi connectivity index (χ3n) is 3.46. The van der Waals surface area contributed by atoms with Gasteiger partial charge < -0.3 is 4.74 Å². The van der Waals surface area contributed by atoms with Gasteiger partial charge in [-0.3, -0.25) is 15.0 Å². The Bertz CT molecular complexity index is 848. The zero-order valence-corrected chi connectivity index (χ0v) is 14.9. The number of hydrogen-bond acceptors (Lipinski definition) is 5. The number of benzene rings is 2. The van der Waals surface area contributed by atoms with Crippen molar-refractivity contribution in [2.75, 3.05) is 7.11 Å². The van der Waals surface area contributed by atoms with Crippen LogP contribution in [0.5, 0.6) is 5.75 Å². The highest BCUT2D eigenvalue weighted by atomic mass is 32.2. The van der Waals surface area contributed by atoms with Crippen molar-refractivity contribution in [1.29, 1.82) is 0 Å². The van der Waals surface area contributed by atoms with Crippen LogP contribution in [-0.4, -0.2) is 28.3 Å². The van der Waals surface area contributed by atoms with Crippen LogP contribution in [0, 0.1) is 0 Å². The van der Waals surface area contributed by atoms with E-state index in [1.165, 1.54) is 0 Å². The molecule has 2 aromatic carbocycles. The van der Waals surface area contributed by atoms with Gasteiger partial charge in [0.25, 0.3) is 11.8 Å². The molecule has 0 aliphatic carbocycles. The first-order valence-electron chi connectivity index (χ1n) is 7.36. The zero-order valence-electron chi connectivity index (χ0n) is 13.3. The van der Waals surface area contributed by atoms with Crippen molar-refractivity contribution in [2.24, 2.45) is 0 Å². The Hall–Kier alpha value is -2.64. The van der Waals surface area contributed by atoms with Gasteiger partial charge in [-0.05, 0) is 48.1 Å². The summed E-state index contributed by atoms with van der Waals surface area (Å²) in [5, 5.41) is 1.10. The average molecular weight is 370 g/mol. The van der Waals surface area contributed by atoms with Gasteiger partial charge in [0.2, 0.25) is 0 Å². The molecule has 1 heterocycles. The van der Waals surface area contributed by atoms with Crippen LogP contribution in [0.4, 0.5) is 0 Å². The Morgan fingerprint density at radius 2 is 1.84 bits per heavy atom. The second-order valence-corrected chi connectivity index (χ2v) is 6.77. The molecule has 0 saturated carbocycles. The molecule has 1 saturated heterocycles. The van der Waals surface area contributed by atoms with E-state index in [4.69, 9.17) is 17.0 Å². The Balaban J connectivity index is 1.74.